The number of hydrogen-bond acceptors (Lipinski definition) is 3. The lowest BCUT2D eigenvalue weighted by Crippen LogP contribution is -2.17. The molecule has 2 aromatic rings. The minimum Gasteiger partial charge on any atom is -0.493 e. The molecule has 1 N–H and O–H groups in total. The monoisotopic (exact) mass is 296 g/mol. The molecule has 0 spiro atoms. The zero-order chi connectivity index (χ0) is 15.8. The van der Waals surface area contributed by atoms with Crippen LogP contribution >= 0.6 is 0 Å². The van der Waals surface area contributed by atoms with Gasteiger partial charge in [-0.2, -0.15) is 5.10 Å². The second-order valence-electron chi connectivity index (χ2n) is 5.34. The van der Waals surface area contributed by atoms with Gasteiger partial charge in [0, 0.05) is 5.56 Å². The van der Waals surface area contributed by atoms with Crippen LogP contribution in [0.2, 0.25) is 0 Å². The van der Waals surface area contributed by atoms with Crippen molar-refractivity contribution in [2.24, 2.45) is 11.0 Å². The van der Waals surface area contributed by atoms with E-state index >= 15 is 0 Å². The van der Waals surface area contributed by atoms with E-state index < -0.39 is 0 Å². The van der Waals surface area contributed by atoms with Crippen LogP contribution in [0.5, 0.6) is 5.75 Å². The maximum Gasteiger partial charge on any atom is 0.271 e. The van der Waals surface area contributed by atoms with Crippen LogP contribution in [-0.2, 0) is 0 Å². The lowest BCUT2D eigenvalue weighted by atomic mass is 10.2. The van der Waals surface area contributed by atoms with E-state index in [1.807, 2.05) is 30.3 Å². The number of rotatable bonds is 6. The maximum atomic E-state index is 11.9. The summed E-state index contributed by atoms with van der Waals surface area (Å²) in [4.78, 5) is 11.9. The Balaban J connectivity index is 1.88. The van der Waals surface area contributed by atoms with Gasteiger partial charge in [0.2, 0.25) is 0 Å². The van der Waals surface area contributed by atoms with Gasteiger partial charge in [0.05, 0.1) is 12.8 Å². The summed E-state index contributed by atoms with van der Waals surface area (Å²) in [5.74, 6) is 0.982. The third-order valence-corrected chi connectivity index (χ3v) is 2.88. The first-order chi connectivity index (χ1) is 10.6. The average Bonchev–Trinajstić information content (AvgIpc) is 2.54. The van der Waals surface area contributed by atoms with Crippen molar-refractivity contribution in [3.8, 4) is 5.75 Å². The lowest BCUT2D eigenvalue weighted by molar-refractivity contribution is 0.0955. The summed E-state index contributed by atoms with van der Waals surface area (Å²) in [5, 5.41) is 3.94. The molecule has 0 fully saturated rings. The van der Waals surface area contributed by atoms with E-state index in [0.717, 1.165) is 11.3 Å². The minimum absolute atomic E-state index is 0.248. The Hall–Kier alpha value is -2.62. The van der Waals surface area contributed by atoms with Crippen molar-refractivity contribution >= 4 is 12.1 Å². The number of nitrogens with zero attached hydrogens (tertiary/aromatic N) is 1. The largest absolute Gasteiger partial charge is 0.493 e. The molecule has 0 saturated carbocycles. The molecule has 4 nitrogen and oxygen atoms in total. The van der Waals surface area contributed by atoms with Crippen LogP contribution < -0.4 is 10.2 Å². The zero-order valence-corrected chi connectivity index (χ0v) is 12.8. The molecule has 0 unspecified atom stereocenters. The summed E-state index contributed by atoms with van der Waals surface area (Å²) in [5.41, 5.74) is 3.98. The van der Waals surface area contributed by atoms with Crippen molar-refractivity contribution in [1.82, 2.24) is 5.43 Å². The number of hydrazone groups is 1. The maximum absolute atomic E-state index is 11.9. The van der Waals surface area contributed by atoms with Crippen molar-refractivity contribution in [2.75, 3.05) is 6.61 Å². The van der Waals surface area contributed by atoms with Crippen molar-refractivity contribution in [1.29, 1.82) is 0 Å². The highest BCUT2D eigenvalue weighted by Gasteiger charge is 2.04. The molecule has 22 heavy (non-hydrogen) atoms. The zero-order valence-electron chi connectivity index (χ0n) is 12.8. The number of benzene rings is 2. The predicted molar refractivity (Wildman–Crippen MR) is 88.3 cm³/mol. The molecule has 0 radical (unpaired) electrons. The fourth-order valence-corrected chi connectivity index (χ4v) is 1.73. The molecule has 0 bridgehead atoms. The lowest BCUT2D eigenvalue weighted by Gasteiger charge is -2.08. The van der Waals surface area contributed by atoms with E-state index in [9.17, 15) is 4.79 Å². The van der Waals surface area contributed by atoms with Crippen LogP contribution in [-0.4, -0.2) is 18.7 Å². The number of amides is 1. The van der Waals surface area contributed by atoms with Gasteiger partial charge in [-0.3, -0.25) is 4.79 Å². The molecule has 0 aliphatic rings. The number of hydrogen-bond donors (Lipinski definition) is 1. The van der Waals surface area contributed by atoms with Gasteiger partial charge in [-0.1, -0.05) is 44.2 Å². The predicted octanol–water partition coefficient (Wildman–Crippen LogP) is 3.49. The summed E-state index contributed by atoms with van der Waals surface area (Å²) >= 11 is 0. The third kappa shape index (κ3) is 5.05. The van der Waals surface area contributed by atoms with Gasteiger partial charge in [-0.25, -0.2) is 5.43 Å². The van der Waals surface area contributed by atoms with E-state index in [-0.39, 0.29) is 5.91 Å². The van der Waals surface area contributed by atoms with Crippen molar-refractivity contribution < 1.29 is 9.53 Å². The van der Waals surface area contributed by atoms with Gasteiger partial charge >= 0.3 is 0 Å². The first kappa shape index (κ1) is 15.8. The molecule has 0 heterocycles. The van der Waals surface area contributed by atoms with Gasteiger partial charge in [0.25, 0.3) is 5.91 Å². The molecule has 0 saturated heterocycles. The second kappa shape index (κ2) is 7.98. The van der Waals surface area contributed by atoms with Crippen molar-refractivity contribution in [3.05, 3.63) is 65.7 Å². The van der Waals surface area contributed by atoms with E-state index in [4.69, 9.17) is 4.74 Å². The molecule has 4 heteroatoms. The van der Waals surface area contributed by atoms with E-state index in [2.05, 4.69) is 24.4 Å². The normalized spacial score (nSPS) is 10.9. The van der Waals surface area contributed by atoms with Crippen LogP contribution in [0.25, 0.3) is 0 Å². The van der Waals surface area contributed by atoms with Crippen LogP contribution in [0, 0.1) is 5.92 Å². The van der Waals surface area contributed by atoms with Gasteiger partial charge in [0.15, 0.2) is 0 Å². The molecule has 0 aromatic heterocycles. The van der Waals surface area contributed by atoms with Gasteiger partial charge in [0.1, 0.15) is 5.75 Å². The molecule has 114 valence electrons. The first-order valence-corrected chi connectivity index (χ1v) is 7.26. The molecule has 0 aliphatic carbocycles. The topological polar surface area (TPSA) is 50.7 Å². The molecule has 0 aliphatic heterocycles. The van der Waals surface area contributed by atoms with Crippen molar-refractivity contribution in [2.45, 2.75) is 13.8 Å². The molecule has 1 amide bonds. The Morgan fingerprint density at radius 1 is 1.14 bits per heavy atom. The van der Waals surface area contributed by atoms with Crippen LogP contribution in [0.15, 0.2) is 59.7 Å². The molecule has 0 atom stereocenters. The summed E-state index contributed by atoms with van der Waals surface area (Å²) in [6.45, 7) is 4.84. The van der Waals surface area contributed by atoms with Crippen LogP contribution in [0.4, 0.5) is 0 Å². The van der Waals surface area contributed by atoms with E-state index in [1.165, 1.54) is 0 Å². The van der Waals surface area contributed by atoms with Crippen molar-refractivity contribution in [3.63, 3.8) is 0 Å². The number of nitrogens with one attached hydrogen (secondary N) is 1. The Morgan fingerprint density at radius 3 is 2.45 bits per heavy atom. The Labute approximate surface area is 130 Å². The number of ether oxygens (including phenoxy) is 1. The number of carbonyl (C=O) groups is 1. The highest BCUT2D eigenvalue weighted by atomic mass is 16.5. The summed E-state index contributed by atoms with van der Waals surface area (Å²) in [6.07, 6.45) is 1.61. The molecular weight excluding hydrogens is 276 g/mol. The highest BCUT2D eigenvalue weighted by Crippen LogP contribution is 2.13. The molecule has 2 aromatic carbocycles. The SMILES string of the molecule is CC(C)COc1ccc(C(=O)N/N=C/c2ccccc2)cc1. The molecule has 2 rings (SSSR count). The van der Waals surface area contributed by atoms with Gasteiger partial charge in [-0.05, 0) is 35.7 Å². The average molecular weight is 296 g/mol. The smallest absolute Gasteiger partial charge is 0.271 e. The quantitative estimate of drug-likeness (QED) is 0.655. The Morgan fingerprint density at radius 2 is 1.82 bits per heavy atom. The second-order valence-corrected chi connectivity index (χ2v) is 5.34. The van der Waals surface area contributed by atoms with E-state index in [0.29, 0.717) is 18.1 Å². The summed E-state index contributed by atoms with van der Waals surface area (Å²) in [6, 6.07) is 16.6. The van der Waals surface area contributed by atoms with Gasteiger partial charge < -0.3 is 4.74 Å². The third-order valence-electron chi connectivity index (χ3n) is 2.88. The standard InChI is InChI=1S/C18H20N2O2/c1-14(2)13-22-17-10-8-16(9-11-17)18(21)20-19-12-15-6-4-3-5-7-15/h3-12,14H,13H2,1-2H3,(H,20,21)/b19-12+. The van der Waals surface area contributed by atoms with Crippen LogP contribution in [0.1, 0.15) is 29.8 Å². The number of carbonyl (C=O) groups excluding carboxylic acids is 1. The fourth-order valence-electron chi connectivity index (χ4n) is 1.73. The fraction of sp³-hybridized carbons (Fsp3) is 0.222. The highest BCUT2D eigenvalue weighted by molar-refractivity contribution is 5.94. The van der Waals surface area contributed by atoms with E-state index in [1.54, 1.807) is 30.5 Å². The minimum atomic E-state index is -0.248. The van der Waals surface area contributed by atoms with Crippen LogP contribution in [0.3, 0.4) is 0 Å². The molecular formula is C18H20N2O2. The Kier molecular flexibility index (Phi) is 5.72. The first-order valence-electron chi connectivity index (χ1n) is 7.26. The Bertz CT molecular complexity index is 619. The summed E-state index contributed by atoms with van der Waals surface area (Å²) in [7, 11) is 0. The van der Waals surface area contributed by atoms with Gasteiger partial charge in [-0.15, -0.1) is 0 Å². The summed E-state index contributed by atoms with van der Waals surface area (Å²) < 4.78 is 5.58.